The van der Waals surface area contributed by atoms with E-state index in [0.717, 1.165) is 27.6 Å². The molecule has 0 bridgehead atoms. The highest BCUT2D eigenvalue weighted by molar-refractivity contribution is 7.15. The molecule has 4 heteroatoms. The number of hydrogen-bond donors (Lipinski definition) is 1. The van der Waals surface area contributed by atoms with E-state index in [9.17, 15) is 0 Å². The van der Waals surface area contributed by atoms with E-state index in [1.165, 1.54) is 23.4 Å². The maximum Gasteiger partial charge on any atom is 0.123 e. The van der Waals surface area contributed by atoms with E-state index < -0.39 is 0 Å². The van der Waals surface area contributed by atoms with Crippen molar-refractivity contribution in [2.24, 2.45) is 0 Å². The van der Waals surface area contributed by atoms with Crippen molar-refractivity contribution < 1.29 is 0 Å². The number of nitrogens with zero attached hydrogens (tertiary/aromatic N) is 1. The zero-order chi connectivity index (χ0) is 13.4. The second-order valence-corrected chi connectivity index (χ2v) is 6.47. The lowest BCUT2D eigenvalue weighted by Crippen LogP contribution is -2.19. The Morgan fingerprint density at radius 1 is 1.42 bits per heavy atom. The zero-order valence-corrected chi connectivity index (χ0v) is 12.7. The quantitative estimate of drug-likeness (QED) is 0.889. The molecule has 1 aliphatic rings. The first kappa shape index (κ1) is 13.1. The number of hydrogen-bond acceptors (Lipinski definition) is 3. The van der Waals surface area contributed by atoms with Gasteiger partial charge in [-0.15, -0.1) is 11.3 Å². The third-order valence-electron chi connectivity index (χ3n) is 3.72. The number of benzene rings is 1. The Balaban J connectivity index is 2.02. The summed E-state index contributed by atoms with van der Waals surface area (Å²) in [5.41, 5.74) is 3.51. The fourth-order valence-corrected chi connectivity index (χ4v) is 3.98. The molecular weight excluding hydrogens is 276 g/mol. The molecule has 1 unspecified atom stereocenters. The van der Waals surface area contributed by atoms with Gasteiger partial charge in [-0.2, -0.15) is 0 Å². The topological polar surface area (TPSA) is 24.9 Å². The molecule has 0 aliphatic heterocycles. The van der Waals surface area contributed by atoms with E-state index in [0.29, 0.717) is 6.04 Å². The summed E-state index contributed by atoms with van der Waals surface area (Å²) in [5.74, 6) is 0. The van der Waals surface area contributed by atoms with Crippen LogP contribution >= 0.6 is 22.9 Å². The lowest BCUT2D eigenvalue weighted by atomic mass is 9.98. The van der Waals surface area contributed by atoms with Crippen LogP contribution in [-0.2, 0) is 6.42 Å². The van der Waals surface area contributed by atoms with Crippen molar-refractivity contribution in [1.29, 1.82) is 0 Å². The van der Waals surface area contributed by atoms with Gasteiger partial charge in [0.2, 0.25) is 0 Å². The first-order valence-corrected chi connectivity index (χ1v) is 7.82. The van der Waals surface area contributed by atoms with E-state index in [1.807, 2.05) is 20.0 Å². The number of aromatic nitrogens is 1. The number of aryl methyl sites for hydroxylation is 2. The number of rotatable bonds is 2. The van der Waals surface area contributed by atoms with Crippen molar-refractivity contribution in [2.75, 3.05) is 7.05 Å². The second kappa shape index (κ2) is 5.23. The monoisotopic (exact) mass is 292 g/mol. The molecule has 3 rings (SSSR count). The summed E-state index contributed by atoms with van der Waals surface area (Å²) in [6, 6.07) is 6.67. The minimum Gasteiger partial charge on any atom is -0.312 e. The van der Waals surface area contributed by atoms with Gasteiger partial charge in [-0.1, -0.05) is 23.7 Å². The summed E-state index contributed by atoms with van der Waals surface area (Å²) in [4.78, 5) is 6.21. The van der Waals surface area contributed by atoms with Crippen molar-refractivity contribution in [2.45, 2.75) is 32.2 Å². The highest BCUT2D eigenvalue weighted by atomic mass is 35.5. The van der Waals surface area contributed by atoms with Gasteiger partial charge in [-0.25, -0.2) is 4.98 Å². The number of nitrogens with one attached hydrogen (secondary N) is 1. The Hall–Kier alpha value is -0.900. The van der Waals surface area contributed by atoms with Gasteiger partial charge in [0.05, 0.1) is 5.69 Å². The second-order valence-electron chi connectivity index (χ2n) is 5.03. The predicted octanol–water partition coefficient (Wildman–Crippen LogP) is 4.37. The molecule has 0 spiro atoms. The van der Waals surface area contributed by atoms with Crippen LogP contribution in [0.4, 0.5) is 0 Å². The highest BCUT2D eigenvalue weighted by Crippen LogP contribution is 2.38. The summed E-state index contributed by atoms with van der Waals surface area (Å²) in [6.07, 6.45) is 3.53. The molecule has 0 radical (unpaired) electrons. The molecule has 2 nitrogen and oxygen atoms in total. The summed E-state index contributed by atoms with van der Waals surface area (Å²) < 4.78 is 0. The molecule has 2 aromatic rings. The van der Waals surface area contributed by atoms with Crippen LogP contribution in [0, 0.1) is 6.92 Å². The maximum atomic E-state index is 6.21. The van der Waals surface area contributed by atoms with Crippen molar-refractivity contribution in [3.8, 4) is 10.6 Å². The van der Waals surface area contributed by atoms with E-state index in [1.54, 1.807) is 11.3 Å². The van der Waals surface area contributed by atoms with Crippen molar-refractivity contribution in [3.63, 3.8) is 0 Å². The number of halogens is 1. The molecule has 1 aromatic carbocycles. The fourth-order valence-electron chi connectivity index (χ4n) is 2.54. The molecular formula is C15H17ClN2S. The molecule has 0 saturated heterocycles. The smallest absolute Gasteiger partial charge is 0.123 e. The molecule has 1 N–H and O–H groups in total. The van der Waals surface area contributed by atoms with Gasteiger partial charge >= 0.3 is 0 Å². The van der Waals surface area contributed by atoms with Gasteiger partial charge in [-0.3, -0.25) is 0 Å². The van der Waals surface area contributed by atoms with Crippen molar-refractivity contribution >= 4 is 22.9 Å². The largest absolute Gasteiger partial charge is 0.312 e. The Morgan fingerprint density at radius 2 is 2.26 bits per heavy atom. The highest BCUT2D eigenvalue weighted by Gasteiger charge is 2.23. The third kappa shape index (κ3) is 2.42. The van der Waals surface area contributed by atoms with Gasteiger partial charge in [0, 0.05) is 21.5 Å². The SMILES string of the molecule is CNC1CCCc2nc(-c3ccc(C)c(Cl)c3)sc21. The van der Waals surface area contributed by atoms with Crippen molar-refractivity contribution in [1.82, 2.24) is 10.3 Å². The minimum absolute atomic E-state index is 0.468. The van der Waals surface area contributed by atoms with Crippen molar-refractivity contribution in [3.05, 3.63) is 39.4 Å². The average Bonchev–Trinajstić information content (AvgIpc) is 2.85. The Labute approximate surface area is 122 Å². The molecule has 1 atom stereocenters. The Bertz CT molecular complexity index is 606. The Morgan fingerprint density at radius 3 is 3.00 bits per heavy atom. The van der Waals surface area contributed by atoms with Gasteiger partial charge < -0.3 is 5.32 Å². The molecule has 1 heterocycles. The molecule has 0 amide bonds. The van der Waals surface area contributed by atoms with Crippen LogP contribution in [0.15, 0.2) is 18.2 Å². The average molecular weight is 293 g/mol. The van der Waals surface area contributed by atoms with E-state index in [4.69, 9.17) is 16.6 Å². The van der Waals surface area contributed by atoms with Crippen LogP contribution in [0.2, 0.25) is 5.02 Å². The fraction of sp³-hybridized carbons (Fsp3) is 0.400. The van der Waals surface area contributed by atoms with Crippen LogP contribution in [-0.4, -0.2) is 12.0 Å². The molecule has 1 aromatic heterocycles. The first-order valence-electron chi connectivity index (χ1n) is 6.62. The van der Waals surface area contributed by atoms with Crippen LogP contribution in [0.25, 0.3) is 10.6 Å². The molecule has 0 saturated carbocycles. The summed E-state index contributed by atoms with van der Waals surface area (Å²) in [6.45, 7) is 2.02. The maximum absolute atomic E-state index is 6.21. The van der Waals surface area contributed by atoms with E-state index in [-0.39, 0.29) is 0 Å². The molecule has 19 heavy (non-hydrogen) atoms. The van der Waals surface area contributed by atoms with E-state index in [2.05, 4.69) is 17.4 Å². The van der Waals surface area contributed by atoms with Crippen LogP contribution < -0.4 is 5.32 Å². The molecule has 100 valence electrons. The van der Waals surface area contributed by atoms with Gasteiger partial charge in [0.1, 0.15) is 5.01 Å². The van der Waals surface area contributed by atoms with Crippen LogP contribution in [0.3, 0.4) is 0 Å². The number of fused-ring (bicyclic) bond motifs is 1. The lowest BCUT2D eigenvalue weighted by Gasteiger charge is -2.19. The van der Waals surface area contributed by atoms with Gasteiger partial charge in [0.15, 0.2) is 0 Å². The first-order chi connectivity index (χ1) is 9.19. The van der Waals surface area contributed by atoms with Gasteiger partial charge in [0.25, 0.3) is 0 Å². The van der Waals surface area contributed by atoms with Crippen LogP contribution in [0.5, 0.6) is 0 Å². The third-order valence-corrected chi connectivity index (χ3v) is 5.39. The predicted molar refractivity (Wildman–Crippen MR) is 82.0 cm³/mol. The van der Waals surface area contributed by atoms with E-state index >= 15 is 0 Å². The molecule has 1 aliphatic carbocycles. The normalized spacial score (nSPS) is 18.4. The standard InChI is InChI=1S/C15H17ClN2S/c1-9-6-7-10(8-11(9)16)15-18-13-5-3-4-12(17-2)14(13)19-15/h6-8,12,17H,3-5H2,1-2H3. The summed E-state index contributed by atoms with van der Waals surface area (Å²) in [5, 5.41) is 5.30. The lowest BCUT2D eigenvalue weighted by molar-refractivity contribution is 0.501. The summed E-state index contributed by atoms with van der Waals surface area (Å²) >= 11 is 8.01. The van der Waals surface area contributed by atoms with Gasteiger partial charge in [-0.05, 0) is 44.9 Å². The Kier molecular flexibility index (Phi) is 3.61. The minimum atomic E-state index is 0.468. The zero-order valence-electron chi connectivity index (χ0n) is 11.2. The van der Waals surface area contributed by atoms with Crippen LogP contribution in [0.1, 0.15) is 35.0 Å². The molecule has 0 fully saturated rings. The number of thiazole rings is 1. The summed E-state index contributed by atoms with van der Waals surface area (Å²) in [7, 11) is 2.03.